The van der Waals surface area contributed by atoms with Crippen molar-refractivity contribution in [1.29, 1.82) is 0 Å². The minimum absolute atomic E-state index is 0.0523. The van der Waals surface area contributed by atoms with Crippen molar-refractivity contribution in [3.8, 4) is 0 Å². The molecule has 1 saturated carbocycles. The molecule has 3 unspecified atom stereocenters. The van der Waals surface area contributed by atoms with Gasteiger partial charge >= 0.3 is 5.97 Å². The van der Waals surface area contributed by atoms with Gasteiger partial charge < -0.3 is 18.9 Å². The molecule has 0 aromatic heterocycles. The van der Waals surface area contributed by atoms with E-state index in [1.807, 2.05) is 58.0 Å². The van der Waals surface area contributed by atoms with Crippen LogP contribution in [0, 0.1) is 5.92 Å². The lowest BCUT2D eigenvalue weighted by Crippen LogP contribution is -2.46. The zero-order valence-corrected chi connectivity index (χ0v) is 19.7. The highest BCUT2D eigenvalue weighted by atomic mass is 16.7. The van der Waals surface area contributed by atoms with Crippen molar-refractivity contribution in [2.45, 2.75) is 103 Å². The molecule has 0 spiro atoms. The molecule has 174 valence electrons. The second kappa shape index (κ2) is 10.9. The molecule has 1 aromatic carbocycles. The van der Waals surface area contributed by atoms with Crippen LogP contribution >= 0.6 is 0 Å². The van der Waals surface area contributed by atoms with Gasteiger partial charge in [-0.05, 0) is 77.7 Å². The third kappa shape index (κ3) is 7.89. The Hall–Kier alpha value is -1.43. The Kier molecular flexibility index (Phi) is 8.54. The lowest BCUT2D eigenvalue weighted by Gasteiger charge is -2.36. The Morgan fingerprint density at radius 3 is 2.48 bits per heavy atom. The highest BCUT2D eigenvalue weighted by Gasteiger charge is 2.39. The van der Waals surface area contributed by atoms with Crippen molar-refractivity contribution < 1.29 is 23.7 Å². The van der Waals surface area contributed by atoms with Crippen LogP contribution < -0.4 is 0 Å². The maximum atomic E-state index is 13.1. The fourth-order valence-corrected chi connectivity index (χ4v) is 4.41. The Balaban J connectivity index is 1.60. The van der Waals surface area contributed by atoms with Gasteiger partial charge in [-0.15, -0.1) is 0 Å². The van der Waals surface area contributed by atoms with E-state index in [1.54, 1.807) is 0 Å². The predicted octanol–water partition coefficient (Wildman–Crippen LogP) is 5.45. The number of esters is 1. The summed E-state index contributed by atoms with van der Waals surface area (Å²) in [5.74, 6) is 0.0722. The Labute approximate surface area is 187 Å². The van der Waals surface area contributed by atoms with Crippen LogP contribution in [-0.2, 0) is 30.2 Å². The first-order chi connectivity index (χ1) is 14.7. The molecule has 5 heteroatoms. The zero-order chi connectivity index (χ0) is 22.3. The summed E-state index contributed by atoms with van der Waals surface area (Å²) < 4.78 is 24.1. The molecule has 0 N–H and O–H groups in total. The van der Waals surface area contributed by atoms with Gasteiger partial charge in [0.05, 0.1) is 12.7 Å². The summed E-state index contributed by atoms with van der Waals surface area (Å²) in [6.45, 7) is 8.88. The number of carbonyl (C=O) groups is 1. The van der Waals surface area contributed by atoms with Crippen LogP contribution in [0.25, 0.3) is 0 Å². The number of ether oxygens (including phenoxy) is 4. The van der Waals surface area contributed by atoms with Crippen LogP contribution in [0.4, 0.5) is 0 Å². The predicted molar refractivity (Wildman–Crippen MR) is 121 cm³/mol. The Morgan fingerprint density at radius 2 is 1.81 bits per heavy atom. The topological polar surface area (TPSA) is 54.0 Å². The van der Waals surface area contributed by atoms with E-state index in [4.69, 9.17) is 18.9 Å². The third-order valence-electron chi connectivity index (χ3n) is 6.07. The van der Waals surface area contributed by atoms with Crippen molar-refractivity contribution >= 4 is 5.97 Å². The number of carbonyl (C=O) groups excluding carboxylic acids is 1. The molecule has 3 rings (SSSR count). The first kappa shape index (κ1) is 24.2. The van der Waals surface area contributed by atoms with E-state index < -0.39 is 11.2 Å². The second-order valence-electron chi connectivity index (χ2n) is 10.3. The van der Waals surface area contributed by atoms with Crippen LogP contribution in [0.2, 0.25) is 0 Å². The Bertz CT molecular complexity index is 677. The molecule has 1 aromatic rings. The maximum Gasteiger partial charge on any atom is 0.338 e. The summed E-state index contributed by atoms with van der Waals surface area (Å²) in [7, 11) is 0. The summed E-state index contributed by atoms with van der Waals surface area (Å²) >= 11 is 0. The lowest BCUT2D eigenvalue weighted by atomic mass is 9.87. The van der Waals surface area contributed by atoms with Gasteiger partial charge in [0.15, 0.2) is 11.9 Å². The fraction of sp³-hybridized carbons (Fsp3) is 0.731. The van der Waals surface area contributed by atoms with Crippen molar-refractivity contribution in [3.63, 3.8) is 0 Å². The van der Waals surface area contributed by atoms with Crippen molar-refractivity contribution in [1.82, 2.24) is 0 Å². The number of rotatable bonds is 8. The van der Waals surface area contributed by atoms with Crippen LogP contribution in [-0.4, -0.2) is 42.8 Å². The quantitative estimate of drug-likeness (QED) is 0.512. The Morgan fingerprint density at radius 1 is 1.03 bits per heavy atom. The molecule has 0 radical (unpaired) electrons. The summed E-state index contributed by atoms with van der Waals surface area (Å²) in [6.07, 6.45) is 8.20. The van der Waals surface area contributed by atoms with Gasteiger partial charge in [-0.1, -0.05) is 36.8 Å². The molecule has 0 amide bonds. The van der Waals surface area contributed by atoms with Crippen molar-refractivity contribution in [3.05, 3.63) is 35.9 Å². The van der Waals surface area contributed by atoms with Crippen molar-refractivity contribution in [2.75, 3.05) is 13.2 Å². The SMILES string of the molecule is CC(C)(C)OC(=O)C(C)(Cc1ccccc1)OCC1CCC[C@H](OC2CCCCO2)C1. The van der Waals surface area contributed by atoms with E-state index >= 15 is 0 Å². The smallest absolute Gasteiger partial charge is 0.338 e. The standard InChI is InChI=1S/C26H40O5/c1-25(2,3)31-24(27)26(4,18-20-11-6-5-7-12-20)29-19-21-13-10-14-22(17-21)30-23-15-8-9-16-28-23/h5-7,11-12,21-23H,8-10,13-19H2,1-4H3/t21?,22-,23?,26?/m0/s1. The highest BCUT2D eigenvalue weighted by Crippen LogP contribution is 2.31. The second-order valence-corrected chi connectivity index (χ2v) is 10.3. The van der Waals surface area contributed by atoms with E-state index in [9.17, 15) is 4.79 Å². The third-order valence-corrected chi connectivity index (χ3v) is 6.07. The van der Waals surface area contributed by atoms with Gasteiger partial charge in [0.1, 0.15) is 5.60 Å². The molecule has 5 nitrogen and oxygen atoms in total. The summed E-state index contributed by atoms with van der Waals surface area (Å²) in [5.41, 5.74) is -0.507. The molecule has 2 fully saturated rings. The molecule has 1 saturated heterocycles. The summed E-state index contributed by atoms with van der Waals surface area (Å²) in [5, 5.41) is 0. The monoisotopic (exact) mass is 432 g/mol. The zero-order valence-electron chi connectivity index (χ0n) is 19.7. The van der Waals surface area contributed by atoms with E-state index in [-0.39, 0.29) is 18.4 Å². The van der Waals surface area contributed by atoms with Gasteiger partial charge in [-0.3, -0.25) is 0 Å². The molecule has 2 aliphatic rings. The fourth-order valence-electron chi connectivity index (χ4n) is 4.41. The molecule has 31 heavy (non-hydrogen) atoms. The molecule has 1 aliphatic carbocycles. The summed E-state index contributed by atoms with van der Waals surface area (Å²) in [4.78, 5) is 13.1. The lowest BCUT2D eigenvalue weighted by molar-refractivity contribution is -0.200. The average molecular weight is 433 g/mol. The first-order valence-electron chi connectivity index (χ1n) is 11.9. The van der Waals surface area contributed by atoms with E-state index in [1.165, 1.54) is 6.42 Å². The largest absolute Gasteiger partial charge is 0.458 e. The van der Waals surface area contributed by atoms with E-state index in [0.29, 0.717) is 18.9 Å². The van der Waals surface area contributed by atoms with E-state index in [0.717, 1.165) is 50.7 Å². The molecule has 1 heterocycles. The van der Waals surface area contributed by atoms with Crippen LogP contribution in [0.15, 0.2) is 30.3 Å². The summed E-state index contributed by atoms with van der Waals surface area (Å²) in [6, 6.07) is 10.0. The van der Waals surface area contributed by atoms with Gasteiger partial charge in [-0.25, -0.2) is 4.79 Å². The van der Waals surface area contributed by atoms with Crippen LogP contribution in [0.1, 0.15) is 78.2 Å². The average Bonchev–Trinajstić information content (AvgIpc) is 2.73. The van der Waals surface area contributed by atoms with Crippen LogP contribution in [0.3, 0.4) is 0 Å². The van der Waals surface area contributed by atoms with Gasteiger partial charge in [0.2, 0.25) is 0 Å². The molecule has 4 atom stereocenters. The highest BCUT2D eigenvalue weighted by molar-refractivity contribution is 5.80. The molecule has 0 bridgehead atoms. The minimum atomic E-state index is -1.02. The number of hydrogen-bond acceptors (Lipinski definition) is 5. The van der Waals surface area contributed by atoms with Gasteiger partial charge in [0.25, 0.3) is 0 Å². The minimum Gasteiger partial charge on any atom is -0.458 e. The normalized spacial score (nSPS) is 26.8. The van der Waals surface area contributed by atoms with E-state index in [2.05, 4.69) is 0 Å². The maximum absolute atomic E-state index is 13.1. The van der Waals surface area contributed by atoms with Gasteiger partial charge in [-0.2, -0.15) is 0 Å². The number of benzene rings is 1. The van der Waals surface area contributed by atoms with Crippen molar-refractivity contribution in [2.24, 2.45) is 5.92 Å². The number of hydrogen-bond donors (Lipinski definition) is 0. The van der Waals surface area contributed by atoms with Gasteiger partial charge in [0, 0.05) is 13.0 Å². The molecular formula is C26H40O5. The van der Waals surface area contributed by atoms with Crippen LogP contribution in [0.5, 0.6) is 0 Å². The first-order valence-corrected chi connectivity index (χ1v) is 11.9. The molecule has 1 aliphatic heterocycles. The molecular weight excluding hydrogens is 392 g/mol.